The van der Waals surface area contributed by atoms with Gasteiger partial charge < -0.3 is 29.4 Å². The molecular weight excluding hydrogens is 286 g/mol. The minimum atomic E-state index is -0.550. The van der Waals surface area contributed by atoms with E-state index < -0.39 is 6.10 Å². The Hall–Kier alpha value is -1.76. The average molecular weight is 311 g/mol. The molecule has 0 aliphatic heterocycles. The molecule has 0 aliphatic rings. The van der Waals surface area contributed by atoms with E-state index in [9.17, 15) is 5.11 Å². The van der Waals surface area contributed by atoms with E-state index >= 15 is 0 Å². The van der Waals surface area contributed by atoms with Crippen LogP contribution in [0.3, 0.4) is 0 Å². The Labute approximate surface area is 131 Å². The highest BCUT2D eigenvalue weighted by molar-refractivity contribution is 5.50. The average Bonchev–Trinajstić information content (AvgIpc) is 2.54. The summed E-state index contributed by atoms with van der Waals surface area (Å²) in [4.78, 5) is 0. The summed E-state index contributed by atoms with van der Waals surface area (Å²) in [6.07, 6.45) is 1.10. The van der Waals surface area contributed by atoms with Crippen LogP contribution in [0, 0.1) is 0 Å². The second-order valence-electron chi connectivity index (χ2n) is 4.52. The number of methoxy groups -OCH3 is 2. The standard InChI is InChI=1S/C16H25NO5/c1-4-9-21-12-13(18)11-17-8-10-22-15-7-5-6-14(19-2)16(15)20-3/h4-7,13,17-18H,1,8-12H2,2-3H3/t13-/m1/s1. The minimum Gasteiger partial charge on any atom is -0.493 e. The van der Waals surface area contributed by atoms with Crippen molar-refractivity contribution in [2.75, 3.05) is 47.1 Å². The smallest absolute Gasteiger partial charge is 0.203 e. The third kappa shape index (κ3) is 6.34. The maximum Gasteiger partial charge on any atom is 0.203 e. The van der Waals surface area contributed by atoms with Crippen molar-refractivity contribution in [1.82, 2.24) is 5.32 Å². The number of nitrogens with one attached hydrogen (secondary N) is 1. The lowest BCUT2D eigenvalue weighted by molar-refractivity contribution is 0.0491. The van der Waals surface area contributed by atoms with Crippen LogP contribution in [0.2, 0.25) is 0 Å². The molecule has 1 rings (SSSR count). The molecule has 0 saturated carbocycles. The van der Waals surface area contributed by atoms with Gasteiger partial charge in [0.15, 0.2) is 11.5 Å². The SMILES string of the molecule is C=CCOC[C@H](O)CNCCOc1cccc(OC)c1OC. The van der Waals surface area contributed by atoms with Gasteiger partial charge in [0.2, 0.25) is 5.75 Å². The lowest BCUT2D eigenvalue weighted by Crippen LogP contribution is -2.32. The van der Waals surface area contributed by atoms with Crippen LogP contribution in [0.5, 0.6) is 17.2 Å². The molecular formula is C16H25NO5. The third-order valence-electron chi connectivity index (χ3n) is 2.83. The van der Waals surface area contributed by atoms with Crippen LogP contribution in [-0.4, -0.2) is 58.3 Å². The van der Waals surface area contributed by atoms with Crippen LogP contribution < -0.4 is 19.5 Å². The van der Waals surface area contributed by atoms with E-state index in [0.717, 1.165) is 0 Å². The molecule has 22 heavy (non-hydrogen) atoms. The Morgan fingerprint density at radius 2 is 2.05 bits per heavy atom. The number of para-hydroxylation sites is 1. The number of hydrogen-bond donors (Lipinski definition) is 2. The highest BCUT2D eigenvalue weighted by Gasteiger charge is 2.10. The Morgan fingerprint density at radius 1 is 1.27 bits per heavy atom. The van der Waals surface area contributed by atoms with Gasteiger partial charge in [-0.2, -0.15) is 0 Å². The number of aliphatic hydroxyl groups excluding tert-OH is 1. The second kappa shape index (κ2) is 10.9. The Bertz CT molecular complexity index is 439. The summed E-state index contributed by atoms with van der Waals surface area (Å²) in [7, 11) is 3.15. The molecule has 0 heterocycles. The summed E-state index contributed by atoms with van der Waals surface area (Å²) in [6, 6.07) is 5.47. The number of rotatable bonds is 12. The lowest BCUT2D eigenvalue weighted by Gasteiger charge is -2.14. The molecule has 0 aromatic heterocycles. The van der Waals surface area contributed by atoms with E-state index in [1.165, 1.54) is 0 Å². The van der Waals surface area contributed by atoms with Gasteiger partial charge >= 0.3 is 0 Å². The first-order valence-electron chi connectivity index (χ1n) is 7.14. The largest absolute Gasteiger partial charge is 0.493 e. The van der Waals surface area contributed by atoms with Crippen LogP contribution >= 0.6 is 0 Å². The Balaban J connectivity index is 2.26. The summed E-state index contributed by atoms with van der Waals surface area (Å²) in [5, 5.41) is 12.7. The van der Waals surface area contributed by atoms with Crippen molar-refractivity contribution in [2.24, 2.45) is 0 Å². The van der Waals surface area contributed by atoms with Gasteiger partial charge in [-0.1, -0.05) is 12.1 Å². The zero-order chi connectivity index (χ0) is 16.2. The maximum absolute atomic E-state index is 9.64. The Kier molecular flexibility index (Phi) is 9.06. The summed E-state index contributed by atoms with van der Waals surface area (Å²) in [6.45, 7) is 5.75. The van der Waals surface area contributed by atoms with Crippen molar-refractivity contribution >= 4 is 0 Å². The molecule has 1 aromatic carbocycles. The molecule has 0 aliphatic carbocycles. The molecule has 0 bridgehead atoms. The molecule has 6 heteroatoms. The molecule has 0 unspecified atom stereocenters. The van der Waals surface area contributed by atoms with Gasteiger partial charge in [-0.3, -0.25) is 0 Å². The summed E-state index contributed by atoms with van der Waals surface area (Å²) in [5.74, 6) is 1.82. The summed E-state index contributed by atoms with van der Waals surface area (Å²) < 4.78 is 21.3. The molecule has 0 fully saturated rings. The van der Waals surface area contributed by atoms with Gasteiger partial charge in [-0.25, -0.2) is 0 Å². The molecule has 0 spiro atoms. The zero-order valence-electron chi connectivity index (χ0n) is 13.2. The number of hydrogen-bond acceptors (Lipinski definition) is 6. The Morgan fingerprint density at radius 3 is 2.73 bits per heavy atom. The predicted molar refractivity (Wildman–Crippen MR) is 84.9 cm³/mol. The van der Waals surface area contributed by atoms with E-state index in [-0.39, 0.29) is 6.61 Å². The molecule has 0 amide bonds. The molecule has 1 aromatic rings. The normalized spacial score (nSPS) is 11.8. The van der Waals surface area contributed by atoms with Crippen LogP contribution in [0.1, 0.15) is 0 Å². The first kappa shape index (κ1) is 18.3. The van der Waals surface area contributed by atoms with Gasteiger partial charge in [-0.05, 0) is 12.1 Å². The topological polar surface area (TPSA) is 69.2 Å². The van der Waals surface area contributed by atoms with E-state index in [4.69, 9.17) is 18.9 Å². The van der Waals surface area contributed by atoms with Gasteiger partial charge in [0, 0.05) is 13.1 Å². The van der Waals surface area contributed by atoms with Crippen LogP contribution in [-0.2, 0) is 4.74 Å². The molecule has 124 valence electrons. The highest BCUT2D eigenvalue weighted by Crippen LogP contribution is 2.36. The van der Waals surface area contributed by atoms with E-state index in [2.05, 4.69) is 11.9 Å². The summed E-state index contributed by atoms with van der Waals surface area (Å²) in [5.41, 5.74) is 0. The number of aliphatic hydroxyl groups is 1. The molecule has 0 radical (unpaired) electrons. The predicted octanol–water partition coefficient (Wildman–Crippen LogP) is 1.24. The number of ether oxygens (including phenoxy) is 4. The van der Waals surface area contributed by atoms with Crippen molar-refractivity contribution in [1.29, 1.82) is 0 Å². The van der Waals surface area contributed by atoms with E-state index in [1.807, 2.05) is 18.2 Å². The van der Waals surface area contributed by atoms with Crippen molar-refractivity contribution in [3.63, 3.8) is 0 Å². The van der Waals surface area contributed by atoms with Crippen LogP contribution in [0.15, 0.2) is 30.9 Å². The molecule has 0 saturated heterocycles. The van der Waals surface area contributed by atoms with Crippen LogP contribution in [0.4, 0.5) is 0 Å². The maximum atomic E-state index is 9.64. The lowest BCUT2D eigenvalue weighted by atomic mass is 10.3. The fourth-order valence-electron chi connectivity index (χ4n) is 1.82. The van der Waals surface area contributed by atoms with Gasteiger partial charge in [-0.15, -0.1) is 6.58 Å². The van der Waals surface area contributed by atoms with Gasteiger partial charge in [0.05, 0.1) is 33.5 Å². The first-order valence-corrected chi connectivity index (χ1v) is 7.14. The van der Waals surface area contributed by atoms with E-state index in [0.29, 0.717) is 43.6 Å². The van der Waals surface area contributed by atoms with Gasteiger partial charge in [0.1, 0.15) is 6.61 Å². The van der Waals surface area contributed by atoms with Crippen molar-refractivity contribution in [2.45, 2.75) is 6.10 Å². The van der Waals surface area contributed by atoms with Gasteiger partial charge in [0.25, 0.3) is 0 Å². The molecule has 1 atom stereocenters. The second-order valence-corrected chi connectivity index (χ2v) is 4.52. The first-order chi connectivity index (χ1) is 10.7. The van der Waals surface area contributed by atoms with Crippen molar-refractivity contribution < 1.29 is 24.1 Å². The minimum absolute atomic E-state index is 0.281. The quantitative estimate of drug-likeness (QED) is 0.447. The zero-order valence-corrected chi connectivity index (χ0v) is 13.2. The van der Waals surface area contributed by atoms with E-state index in [1.54, 1.807) is 20.3 Å². The number of benzene rings is 1. The highest BCUT2D eigenvalue weighted by atomic mass is 16.5. The van der Waals surface area contributed by atoms with Crippen LogP contribution in [0.25, 0.3) is 0 Å². The fourth-order valence-corrected chi connectivity index (χ4v) is 1.82. The molecule has 6 nitrogen and oxygen atoms in total. The summed E-state index contributed by atoms with van der Waals surface area (Å²) >= 11 is 0. The van der Waals surface area contributed by atoms with Crippen molar-refractivity contribution in [3.8, 4) is 17.2 Å². The monoisotopic (exact) mass is 311 g/mol. The fraction of sp³-hybridized carbons (Fsp3) is 0.500. The van der Waals surface area contributed by atoms with Crippen molar-refractivity contribution in [3.05, 3.63) is 30.9 Å². The third-order valence-corrected chi connectivity index (χ3v) is 2.83. The molecule has 2 N–H and O–H groups in total.